The van der Waals surface area contributed by atoms with E-state index in [1.807, 2.05) is 36.4 Å². The number of phosphoric acid groups is 3. The van der Waals surface area contributed by atoms with Gasteiger partial charge in [0.1, 0.15) is 30.2 Å². The van der Waals surface area contributed by atoms with Crippen LogP contribution >= 0.6 is 23.5 Å². The largest absolute Gasteiger partial charge is 0.490 e. The molecule has 0 aliphatic carbocycles. The number of nitrogens with two attached hydrogens (primary N) is 1. The number of nitrogen functional groups attached to an aromatic ring is 1. The summed E-state index contributed by atoms with van der Waals surface area (Å²) in [5.41, 5.74) is 6.00. The van der Waals surface area contributed by atoms with Crippen molar-refractivity contribution in [1.82, 2.24) is 19.5 Å². The molecule has 2 unspecified atom stereocenters. The van der Waals surface area contributed by atoms with E-state index in [1.165, 1.54) is 10.9 Å². The molecule has 0 radical (unpaired) electrons. The van der Waals surface area contributed by atoms with Crippen molar-refractivity contribution in [3.05, 3.63) is 49.1 Å². The van der Waals surface area contributed by atoms with Gasteiger partial charge in [0.15, 0.2) is 17.7 Å². The predicted octanol–water partition coefficient (Wildman–Crippen LogP) is 0.0576. The van der Waals surface area contributed by atoms with Gasteiger partial charge in [-0.15, -0.1) is 0 Å². The van der Waals surface area contributed by atoms with Gasteiger partial charge in [0.05, 0.1) is 12.9 Å². The van der Waals surface area contributed by atoms with Crippen LogP contribution in [-0.2, 0) is 31.6 Å². The first kappa shape index (κ1) is 29.4. The lowest BCUT2D eigenvalue weighted by Crippen LogP contribution is -2.33. The zero-order valence-corrected chi connectivity index (χ0v) is 21.1. The van der Waals surface area contributed by atoms with Gasteiger partial charge in [0.25, 0.3) is 0 Å². The Labute approximate surface area is 207 Å². The number of ether oxygens (including phenoxy) is 1. The van der Waals surface area contributed by atoms with Gasteiger partial charge in [0, 0.05) is 0 Å². The van der Waals surface area contributed by atoms with Crippen LogP contribution in [0.3, 0.4) is 0 Å². The lowest BCUT2D eigenvalue weighted by Gasteiger charge is -2.19. The molecule has 0 amide bonds. The Balaban J connectivity index is 0.000000555. The maximum Gasteiger partial charge on any atom is 0.490 e. The first-order valence-electron chi connectivity index (χ1n) is 9.92. The third kappa shape index (κ3) is 8.17. The second kappa shape index (κ2) is 11.7. The highest BCUT2D eigenvalue weighted by atomic mass is 31.3. The monoisotopic (exact) mass is 585 g/mol. The molecular weight excluding hydrogens is 563 g/mol. The summed E-state index contributed by atoms with van der Waals surface area (Å²) in [4.78, 5) is 47.2. The molecule has 8 N–H and O–H groups in total. The van der Waals surface area contributed by atoms with Crippen molar-refractivity contribution in [2.75, 3.05) is 12.3 Å². The summed E-state index contributed by atoms with van der Waals surface area (Å²) >= 11 is 0. The van der Waals surface area contributed by atoms with E-state index in [9.17, 15) is 28.8 Å². The van der Waals surface area contributed by atoms with Crippen LogP contribution < -0.4 is 5.73 Å². The van der Waals surface area contributed by atoms with Gasteiger partial charge in [-0.1, -0.05) is 36.4 Å². The molecule has 2 aromatic heterocycles. The van der Waals surface area contributed by atoms with E-state index in [4.69, 9.17) is 25.2 Å². The average Bonchev–Trinajstić information content (AvgIpc) is 3.34. The van der Waals surface area contributed by atoms with Gasteiger partial charge in [-0.2, -0.15) is 8.62 Å². The van der Waals surface area contributed by atoms with Gasteiger partial charge >= 0.3 is 23.5 Å². The molecule has 0 bridgehead atoms. The Morgan fingerprint density at radius 1 is 0.892 bits per heavy atom. The minimum absolute atomic E-state index is 0.0426. The number of benzene rings is 1. The van der Waals surface area contributed by atoms with E-state index in [2.05, 4.69) is 28.1 Å². The molecule has 1 aliphatic heterocycles. The van der Waals surface area contributed by atoms with Gasteiger partial charge in [-0.3, -0.25) is 9.09 Å². The van der Waals surface area contributed by atoms with E-state index in [0.717, 1.165) is 6.33 Å². The summed E-state index contributed by atoms with van der Waals surface area (Å²) in [7, 11) is -16.7. The number of aliphatic hydroxyl groups excluding tert-OH is 2. The number of imidazole rings is 1. The zero-order valence-electron chi connectivity index (χ0n) is 18.4. The summed E-state index contributed by atoms with van der Waals surface area (Å²) in [5.74, 6) is 0.0426. The van der Waals surface area contributed by atoms with Gasteiger partial charge in [-0.05, 0) is 0 Å². The normalized spacial score (nSPS) is 25.1. The molecule has 1 aliphatic rings. The van der Waals surface area contributed by atoms with Crippen LogP contribution in [0.15, 0.2) is 49.1 Å². The minimum atomic E-state index is -5.70. The number of anilines is 1. The van der Waals surface area contributed by atoms with Crippen molar-refractivity contribution in [3.63, 3.8) is 0 Å². The molecule has 1 aromatic carbocycles. The van der Waals surface area contributed by atoms with Crippen molar-refractivity contribution >= 4 is 40.4 Å². The molecular formula is C16H22N5O13P3. The van der Waals surface area contributed by atoms with Crippen molar-refractivity contribution in [1.29, 1.82) is 0 Å². The number of aliphatic hydroxyl groups is 2. The van der Waals surface area contributed by atoms with Crippen molar-refractivity contribution in [2.24, 2.45) is 0 Å². The number of rotatable bonds is 8. The molecule has 3 heterocycles. The third-order valence-corrected chi connectivity index (χ3v) is 8.29. The van der Waals surface area contributed by atoms with E-state index < -0.39 is 54.6 Å². The maximum atomic E-state index is 11.8. The number of hydrogen-bond acceptors (Lipinski definition) is 13. The van der Waals surface area contributed by atoms with Crippen LogP contribution in [0.5, 0.6) is 0 Å². The maximum absolute atomic E-state index is 11.8. The summed E-state index contributed by atoms with van der Waals surface area (Å²) in [6.07, 6.45) is -3.69. The molecule has 18 nitrogen and oxygen atoms in total. The molecule has 1 saturated heterocycles. The molecule has 0 saturated carbocycles. The average molecular weight is 585 g/mol. The topological polar surface area (TPSA) is 279 Å². The Morgan fingerprint density at radius 3 is 2.05 bits per heavy atom. The van der Waals surface area contributed by atoms with Crippen molar-refractivity contribution in [3.8, 4) is 0 Å². The summed E-state index contributed by atoms with van der Waals surface area (Å²) in [6, 6.07) is 12.0. The number of hydrogen-bond donors (Lipinski definition) is 7. The van der Waals surface area contributed by atoms with E-state index in [1.54, 1.807) is 0 Å². The van der Waals surface area contributed by atoms with Gasteiger partial charge in [-0.25, -0.2) is 28.6 Å². The molecule has 3 aromatic rings. The van der Waals surface area contributed by atoms with Crippen LogP contribution in [0.2, 0.25) is 0 Å². The van der Waals surface area contributed by atoms with Crippen LogP contribution in [0.1, 0.15) is 6.23 Å². The van der Waals surface area contributed by atoms with Crippen LogP contribution in [0.25, 0.3) is 11.2 Å². The molecule has 6 atom stereocenters. The number of fused-ring (bicyclic) bond motifs is 1. The summed E-state index contributed by atoms with van der Waals surface area (Å²) < 4.78 is 51.9. The molecule has 37 heavy (non-hydrogen) atoms. The Kier molecular flexibility index (Phi) is 9.32. The lowest BCUT2D eigenvalue weighted by molar-refractivity contribution is -0.0503. The van der Waals surface area contributed by atoms with Crippen LogP contribution in [-0.4, -0.2) is 74.2 Å². The minimum Gasteiger partial charge on any atom is -0.387 e. The molecule has 4 rings (SSSR count). The highest BCUT2D eigenvalue weighted by Gasteiger charge is 2.47. The first-order valence-corrected chi connectivity index (χ1v) is 14.4. The zero-order chi connectivity index (χ0) is 27.4. The molecule has 21 heteroatoms. The summed E-state index contributed by atoms with van der Waals surface area (Å²) in [6.45, 7) is -0.956. The lowest BCUT2D eigenvalue weighted by atomic mass is 10.1. The van der Waals surface area contributed by atoms with E-state index >= 15 is 0 Å². The first-order chi connectivity index (χ1) is 17.2. The second-order valence-electron chi connectivity index (χ2n) is 7.17. The molecule has 0 spiro atoms. The summed E-state index contributed by atoms with van der Waals surface area (Å²) in [5, 5.41) is 20.4. The highest BCUT2D eigenvalue weighted by Crippen LogP contribution is 2.66. The van der Waals surface area contributed by atoms with Gasteiger partial charge < -0.3 is 40.3 Å². The number of nitrogens with zero attached hydrogens (tertiary/aromatic N) is 4. The van der Waals surface area contributed by atoms with Crippen LogP contribution in [0.4, 0.5) is 5.82 Å². The van der Waals surface area contributed by atoms with Crippen molar-refractivity contribution < 1.29 is 61.4 Å². The quantitative estimate of drug-likeness (QED) is 0.172. The smallest absolute Gasteiger partial charge is 0.387 e. The van der Waals surface area contributed by atoms with Crippen LogP contribution in [0, 0.1) is 0 Å². The Bertz CT molecular complexity index is 1310. The van der Waals surface area contributed by atoms with Crippen molar-refractivity contribution in [2.45, 2.75) is 24.5 Å². The number of aromatic nitrogens is 4. The Morgan fingerprint density at radius 2 is 1.49 bits per heavy atom. The molecule has 204 valence electrons. The predicted molar refractivity (Wildman–Crippen MR) is 122 cm³/mol. The SMILES string of the molecule is Nc1ncnc2c1ncn2[C@@H]1O[C@H](COP(=O)(O)OP(=O)(O)OP(=O)(O)O)[C@@H](O)[C@H]1O.c1ccccc1. The molecule has 1 fully saturated rings. The Hall–Kier alpha value is -2.14. The second-order valence-corrected chi connectivity index (χ2v) is 11.6. The van der Waals surface area contributed by atoms with Gasteiger partial charge in [0.2, 0.25) is 0 Å². The fourth-order valence-corrected chi connectivity index (χ4v) is 6.04. The number of phosphoric ester groups is 1. The van der Waals surface area contributed by atoms with E-state index in [0.29, 0.717) is 0 Å². The standard InChI is InChI=1S/C10H16N5O13P3.C6H6/c11-8-5-9(13-2-12-8)15(3-14-5)10-7(17)6(16)4(26-10)1-25-30(21,22)28-31(23,24)27-29(18,19)20;1-2-4-6-5-3-1/h2-4,6-7,10,16-17H,1H2,(H,21,22)(H,23,24)(H2,11,12,13)(H2,18,19,20);1-6H/t4-,6-,7-,10-;/m1./s1. The van der Waals surface area contributed by atoms with E-state index in [-0.39, 0.29) is 17.0 Å². The fraction of sp³-hybridized carbons (Fsp3) is 0.312. The third-order valence-electron chi connectivity index (χ3n) is 4.48. The highest BCUT2D eigenvalue weighted by molar-refractivity contribution is 7.66. The fourth-order valence-electron chi connectivity index (χ4n) is 3.01.